The Kier molecular flexibility index (Phi) is 3.81. The van der Waals surface area contributed by atoms with Gasteiger partial charge in [-0.05, 0) is 12.5 Å². The number of azide groups is 1. The number of hydrogen-bond acceptors (Lipinski definition) is 3. The fourth-order valence-electron chi connectivity index (χ4n) is 1.53. The van der Waals surface area contributed by atoms with E-state index >= 15 is 0 Å². The van der Waals surface area contributed by atoms with E-state index < -0.39 is 0 Å². The number of aliphatic hydroxyl groups is 1. The van der Waals surface area contributed by atoms with Gasteiger partial charge in [0.25, 0.3) is 0 Å². The van der Waals surface area contributed by atoms with E-state index in [4.69, 9.17) is 27.0 Å². The van der Waals surface area contributed by atoms with Crippen molar-refractivity contribution in [1.29, 1.82) is 0 Å². The maximum Gasteiger partial charge on any atom is 0.0854 e. The van der Waals surface area contributed by atoms with Crippen LogP contribution in [-0.4, -0.2) is 35.8 Å². The molecule has 1 aliphatic rings. The van der Waals surface area contributed by atoms with E-state index in [-0.39, 0.29) is 36.7 Å². The molecule has 1 rings (SSSR count). The standard InChI is InChI=1S/C7H12ClN3O2/c1-4-7(8)5(2-10-11-9)6(3-12)13-4/h4-7,12H,2-3H2,1H3/t4-,5-,6+,7?/m0/s1. The molecule has 1 saturated heterocycles. The van der Waals surface area contributed by atoms with Gasteiger partial charge in [0.2, 0.25) is 0 Å². The molecule has 0 saturated carbocycles. The lowest BCUT2D eigenvalue weighted by Gasteiger charge is -2.14. The molecule has 0 bridgehead atoms. The average Bonchev–Trinajstić information content (AvgIpc) is 2.40. The zero-order chi connectivity index (χ0) is 9.84. The zero-order valence-corrected chi connectivity index (χ0v) is 8.05. The van der Waals surface area contributed by atoms with Crippen molar-refractivity contribution in [2.24, 2.45) is 11.0 Å². The van der Waals surface area contributed by atoms with Crippen LogP contribution in [0.25, 0.3) is 10.4 Å². The molecular weight excluding hydrogens is 194 g/mol. The highest BCUT2D eigenvalue weighted by Crippen LogP contribution is 2.31. The molecule has 5 nitrogen and oxygen atoms in total. The van der Waals surface area contributed by atoms with E-state index in [1.54, 1.807) is 0 Å². The Hall–Kier alpha value is -0.480. The molecule has 1 heterocycles. The molecule has 0 radical (unpaired) electrons. The molecule has 0 amide bonds. The summed E-state index contributed by atoms with van der Waals surface area (Å²) in [5, 5.41) is 12.2. The van der Waals surface area contributed by atoms with E-state index in [2.05, 4.69) is 10.0 Å². The van der Waals surface area contributed by atoms with Crippen molar-refractivity contribution in [1.82, 2.24) is 0 Å². The van der Waals surface area contributed by atoms with Gasteiger partial charge in [-0.3, -0.25) is 0 Å². The lowest BCUT2D eigenvalue weighted by Crippen LogP contribution is -2.27. The molecule has 4 atom stereocenters. The Morgan fingerprint density at radius 2 is 2.38 bits per heavy atom. The Bertz CT molecular complexity index is 220. The van der Waals surface area contributed by atoms with Crippen molar-refractivity contribution in [2.45, 2.75) is 24.5 Å². The van der Waals surface area contributed by atoms with Crippen molar-refractivity contribution in [3.05, 3.63) is 10.4 Å². The minimum absolute atomic E-state index is 0.0842. The van der Waals surface area contributed by atoms with Gasteiger partial charge in [-0.2, -0.15) is 0 Å². The number of ether oxygens (including phenoxy) is 1. The Labute approximate surface area is 81.3 Å². The molecule has 13 heavy (non-hydrogen) atoms. The van der Waals surface area contributed by atoms with E-state index in [9.17, 15) is 0 Å². The normalized spacial score (nSPS) is 38.7. The van der Waals surface area contributed by atoms with Crippen molar-refractivity contribution in [3.63, 3.8) is 0 Å². The lowest BCUT2D eigenvalue weighted by atomic mass is 10.00. The van der Waals surface area contributed by atoms with Crippen LogP contribution in [0.15, 0.2) is 5.11 Å². The van der Waals surface area contributed by atoms with Gasteiger partial charge in [0.05, 0.1) is 24.2 Å². The second-order valence-electron chi connectivity index (χ2n) is 3.08. The minimum atomic E-state index is -0.303. The number of halogens is 1. The quantitative estimate of drug-likeness (QED) is 0.326. The maximum atomic E-state index is 8.95. The molecule has 0 aromatic carbocycles. The van der Waals surface area contributed by atoms with Crippen molar-refractivity contribution in [3.8, 4) is 0 Å². The van der Waals surface area contributed by atoms with Gasteiger partial charge in [0, 0.05) is 17.4 Å². The predicted molar refractivity (Wildman–Crippen MR) is 48.6 cm³/mol. The van der Waals surface area contributed by atoms with Crippen LogP contribution in [0.4, 0.5) is 0 Å². The van der Waals surface area contributed by atoms with Crippen molar-refractivity contribution >= 4 is 11.6 Å². The highest BCUT2D eigenvalue weighted by Gasteiger charge is 2.40. The summed E-state index contributed by atoms with van der Waals surface area (Å²) in [6, 6.07) is 0. The summed E-state index contributed by atoms with van der Waals surface area (Å²) in [6.45, 7) is 2.04. The summed E-state index contributed by atoms with van der Waals surface area (Å²) in [6.07, 6.45) is -0.402. The van der Waals surface area contributed by atoms with Gasteiger partial charge in [-0.15, -0.1) is 11.6 Å². The predicted octanol–water partition coefficient (Wildman–Crippen LogP) is 1.30. The molecule has 74 valence electrons. The van der Waals surface area contributed by atoms with Gasteiger partial charge >= 0.3 is 0 Å². The number of aliphatic hydroxyl groups excluding tert-OH is 1. The summed E-state index contributed by atoms with van der Waals surface area (Å²) in [7, 11) is 0. The third-order valence-corrected chi connectivity index (χ3v) is 2.94. The van der Waals surface area contributed by atoms with Crippen LogP contribution in [0.3, 0.4) is 0 Å². The Morgan fingerprint density at radius 3 is 2.92 bits per heavy atom. The third kappa shape index (κ3) is 2.25. The monoisotopic (exact) mass is 205 g/mol. The third-order valence-electron chi connectivity index (χ3n) is 2.26. The molecule has 1 N–H and O–H groups in total. The molecule has 1 unspecified atom stereocenters. The smallest absolute Gasteiger partial charge is 0.0854 e. The van der Waals surface area contributed by atoms with Crippen molar-refractivity contribution < 1.29 is 9.84 Å². The number of alkyl halides is 1. The van der Waals surface area contributed by atoms with Crippen LogP contribution in [0, 0.1) is 5.92 Å². The summed E-state index contributed by atoms with van der Waals surface area (Å²) in [5.74, 6) is -0.0856. The number of nitrogens with zero attached hydrogens (tertiary/aromatic N) is 3. The molecule has 0 aromatic rings. The first kappa shape index (κ1) is 10.6. The summed E-state index contributed by atoms with van der Waals surface area (Å²) in [5.41, 5.74) is 8.15. The second-order valence-corrected chi connectivity index (χ2v) is 3.59. The molecule has 6 heteroatoms. The first-order valence-corrected chi connectivity index (χ1v) is 4.55. The van der Waals surface area contributed by atoms with Crippen LogP contribution >= 0.6 is 11.6 Å². The van der Waals surface area contributed by atoms with E-state index in [1.165, 1.54) is 0 Å². The molecule has 1 aliphatic heterocycles. The van der Waals surface area contributed by atoms with Crippen LogP contribution in [-0.2, 0) is 4.74 Å². The van der Waals surface area contributed by atoms with Crippen LogP contribution in [0.5, 0.6) is 0 Å². The van der Waals surface area contributed by atoms with Crippen LogP contribution in [0.2, 0.25) is 0 Å². The fourth-order valence-corrected chi connectivity index (χ4v) is 1.83. The second kappa shape index (κ2) is 4.67. The molecule has 0 aromatic heterocycles. The Morgan fingerprint density at radius 1 is 1.69 bits per heavy atom. The number of hydrogen-bond donors (Lipinski definition) is 1. The topological polar surface area (TPSA) is 78.2 Å². The summed E-state index contributed by atoms with van der Waals surface area (Å²) < 4.78 is 5.37. The first-order valence-electron chi connectivity index (χ1n) is 4.12. The van der Waals surface area contributed by atoms with Gasteiger partial charge in [-0.25, -0.2) is 0 Å². The maximum absolute atomic E-state index is 8.95. The molecule has 1 fully saturated rings. The molecular formula is C7H12ClN3O2. The summed E-state index contributed by atoms with van der Waals surface area (Å²) >= 11 is 6.02. The minimum Gasteiger partial charge on any atom is -0.394 e. The van der Waals surface area contributed by atoms with E-state index in [1.807, 2.05) is 6.92 Å². The lowest BCUT2D eigenvalue weighted by molar-refractivity contribution is 0.00790. The average molecular weight is 206 g/mol. The van der Waals surface area contributed by atoms with Gasteiger partial charge < -0.3 is 9.84 Å². The zero-order valence-electron chi connectivity index (χ0n) is 7.30. The molecule has 0 aliphatic carbocycles. The van der Waals surface area contributed by atoms with Crippen molar-refractivity contribution in [2.75, 3.05) is 13.2 Å². The van der Waals surface area contributed by atoms with Crippen LogP contribution < -0.4 is 0 Å². The Balaban J connectivity index is 2.61. The summed E-state index contributed by atoms with van der Waals surface area (Å²) in [4.78, 5) is 2.66. The van der Waals surface area contributed by atoms with E-state index in [0.29, 0.717) is 0 Å². The van der Waals surface area contributed by atoms with Gasteiger partial charge in [0.1, 0.15) is 0 Å². The molecule has 0 spiro atoms. The highest BCUT2D eigenvalue weighted by atomic mass is 35.5. The highest BCUT2D eigenvalue weighted by molar-refractivity contribution is 6.21. The first-order chi connectivity index (χ1) is 6.20. The fraction of sp³-hybridized carbons (Fsp3) is 1.00. The van der Waals surface area contributed by atoms with Gasteiger partial charge in [-0.1, -0.05) is 5.11 Å². The van der Waals surface area contributed by atoms with Crippen LogP contribution in [0.1, 0.15) is 6.92 Å². The van der Waals surface area contributed by atoms with Gasteiger partial charge in [0.15, 0.2) is 0 Å². The largest absolute Gasteiger partial charge is 0.394 e. The SMILES string of the molecule is C[C@@H]1O[C@H](CO)[C@H](CN=[N+]=[N-])C1Cl. The van der Waals surface area contributed by atoms with E-state index in [0.717, 1.165) is 0 Å². The number of rotatable bonds is 3.